The quantitative estimate of drug-likeness (QED) is 0.0784. The summed E-state index contributed by atoms with van der Waals surface area (Å²) in [5.41, 5.74) is 18.5. The van der Waals surface area contributed by atoms with Crippen molar-refractivity contribution in [2.24, 2.45) is 10.7 Å². The van der Waals surface area contributed by atoms with Crippen molar-refractivity contribution in [3.63, 3.8) is 0 Å². The molecule has 11 aromatic carbocycles. The zero-order chi connectivity index (χ0) is 45.1. The van der Waals surface area contributed by atoms with E-state index in [9.17, 15) is 0 Å². The summed E-state index contributed by atoms with van der Waals surface area (Å²) in [6.45, 7) is 6.71. The lowest BCUT2D eigenvalue weighted by molar-refractivity contribution is 1.02. The molecule has 0 radical (unpaired) electrons. The van der Waals surface area contributed by atoms with E-state index in [1.807, 2.05) is 30.3 Å². The summed E-state index contributed by atoms with van der Waals surface area (Å²) in [6, 6.07) is 79.3. The first kappa shape index (κ1) is 42.1. The van der Waals surface area contributed by atoms with Crippen molar-refractivity contribution in [2.75, 3.05) is 7.05 Å². The van der Waals surface area contributed by atoms with E-state index in [0.29, 0.717) is 17.9 Å². The first-order chi connectivity index (χ1) is 32.4. The normalized spacial score (nSPS) is 14.5. The number of fused-ring (bicyclic) bond motifs is 8. The minimum Gasteiger partial charge on any atom is -0.384 e. The summed E-state index contributed by atoms with van der Waals surface area (Å²) in [5, 5.41) is 16.6. The number of benzene rings is 11. The molecule has 0 bridgehead atoms. The van der Waals surface area contributed by atoms with Gasteiger partial charge in [-0.2, -0.15) is 0 Å². The summed E-state index contributed by atoms with van der Waals surface area (Å²) >= 11 is 0. The molecule has 3 heteroatoms. The molecule has 0 aliphatic carbocycles. The number of hydrogen-bond acceptors (Lipinski definition) is 2. The molecular weight excluding hydrogens is 799 g/mol. The van der Waals surface area contributed by atoms with Crippen LogP contribution in [0.2, 0.25) is 0 Å². The molecule has 66 heavy (non-hydrogen) atoms. The van der Waals surface area contributed by atoms with Crippen LogP contribution in [0.4, 0.5) is 0 Å². The van der Waals surface area contributed by atoms with Gasteiger partial charge < -0.3 is 5.73 Å². The Labute approximate surface area is 387 Å². The van der Waals surface area contributed by atoms with E-state index in [1.54, 1.807) is 7.05 Å². The average molecular weight is 852 g/mol. The monoisotopic (exact) mass is 851 g/mol. The van der Waals surface area contributed by atoms with Gasteiger partial charge >= 0.3 is 0 Å². The smallest absolute Gasteiger partial charge is 0.125 e. The van der Waals surface area contributed by atoms with Crippen LogP contribution in [0.5, 0.6) is 0 Å². The van der Waals surface area contributed by atoms with Crippen LogP contribution in [0.15, 0.2) is 223 Å². The van der Waals surface area contributed by atoms with Crippen molar-refractivity contribution in [3.05, 3.63) is 252 Å². The van der Waals surface area contributed by atoms with Crippen LogP contribution < -0.4 is 11.1 Å². The number of amidine groups is 1. The third kappa shape index (κ3) is 8.22. The molecule has 0 spiro atoms. The van der Waals surface area contributed by atoms with Gasteiger partial charge in [-0.1, -0.05) is 212 Å². The van der Waals surface area contributed by atoms with Crippen LogP contribution in [0.1, 0.15) is 45.5 Å². The molecular formula is C63H53N3. The van der Waals surface area contributed by atoms with E-state index in [0.717, 1.165) is 5.56 Å². The Bertz CT molecular complexity index is 3540. The van der Waals surface area contributed by atoms with Gasteiger partial charge in [-0.25, -0.2) is 0 Å². The number of nitrogens with two attached hydrogens (primary N) is 1. The first-order valence-corrected chi connectivity index (χ1v) is 22.9. The predicted molar refractivity (Wildman–Crippen MR) is 284 cm³/mol. The number of aliphatic imine (C=N–C) groups is 1. The van der Waals surface area contributed by atoms with Crippen LogP contribution in [-0.4, -0.2) is 12.9 Å². The van der Waals surface area contributed by atoms with Crippen LogP contribution >= 0.6 is 0 Å². The van der Waals surface area contributed by atoms with E-state index in [2.05, 4.69) is 219 Å². The average Bonchev–Trinajstić information content (AvgIpc) is 4.19. The summed E-state index contributed by atoms with van der Waals surface area (Å²) in [6.07, 6.45) is 0. The van der Waals surface area contributed by atoms with Gasteiger partial charge in [0, 0.05) is 12.6 Å². The van der Waals surface area contributed by atoms with E-state index in [-0.39, 0.29) is 0 Å². The number of aryl methyl sites for hydroxylation is 2. The number of rotatable bonds is 5. The van der Waals surface area contributed by atoms with Crippen molar-refractivity contribution in [1.82, 2.24) is 5.32 Å². The van der Waals surface area contributed by atoms with Gasteiger partial charge in [0.25, 0.3) is 0 Å². The van der Waals surface area contributed by atoms with Crippen molar-refractivity contribution in [3.8, 4) is 22.3 Å². The zero-order valence-electron chi connectivity index (χ0n) is 38.0. The number of nitrogens with zero attached hydrogens (tertiary/aromatic N) is 1. The maximum atomic E-state index is 5.54. The van der Waals surface area contributed by atoms with Gasteiger partial charge in [-0.15, -0.1) is 0 Å². The molecule has 1 aliphatic heterocycles. The Kier molecular flexibility index (Phi) is 11.7. The molecule has 3 nitrogen and oxygen atoms in total. The van der Waals surface area contributed by atoms with Gasteiger partial charge in [0.15, 0.2) is 0 Å². The third-order valence-electron chi connectivity index (χ3n) is 13.3. The molecule has 0 saturated carbocycles. The van der Waals surface area contributed by atoms with Crippen LogP contribution in [-0.2, 0) is 0 Å². The Morgan fingerprint density at radius 3 is 1.59 bits per heavy atom. The van der Waals surface area contributed by atoms with Gasteiger partial charge in [0.2, 0.25) is 0 Å². The molecule has 0 amide bonds. The highest BCUT2D eigenvalue weighted by Crippen LogP contribution is 2.44. The summed E-state index contributed by atoms with van der Waals surface area (Å²) in [5.74, 6) is 0.584. The Balaban J connectivity index is 0.000000160. The Morgan fingerprint density at radius 1 is 0.409 bits per heavy atom. The molecule has 12 rings (SSSR count). The molecule has 1 saturated heterocycles. The summed E-state index contributed by atoms with van der Waals surface area (Å²) < 4.78 is 0. The van der Waals surface area contributed by atoms with Crippen LogP contribution in [0.25, 0.3) is 76.1 Å². The minimum absolute atomic E-state index is 0.502. The highest BCUT2D eigenvalue weighted by Gasteiger charge is 2.38. The van der Waals surface area contributed by atoms with Crippen molar-refractivity contribution in [1.29, 1.82) is 0 Å². The minimum atomic E-state index is 0.502. The van der Waals surface area contributed by atoms with E-state index >= 15 is 0 Å². The second-order valence-corrected chi connectivity index (χ2v) is 17.4. The van der Waals surface area contributed by atoms with Gasteiger partial charge in [-0.05, 0) is 131 Å². The maximum absolute atomic E-state index is 5.54. The molecule has 1 aliphatic rings. The molecule has 2 atom stereocenters. The fourth-order valence-corrected chi connectivity index (χ4v) is 9.86. The molecule has 11 aromatic rings. The lowest BCUT2D eigenvalue weighted by Gasteiger charge is -2.19. The molecule has 0 aromatic heterocycles. The lowest BCUT2D eigenvalue weighted by Crippen LogP contribution is -2.12. The highest BCUT2D eigenvalue weighted by molar-refractivity contribution is 6.26. The van der Waals surface area contributed by atoms with E-state index < -0.39 is 0 Å². The van der Waals surface area contributed by atoms with Crippen molar-refractivity contribution in [2.45, 2.75) is 32.9 Å². The van der Waals surface area contributed by atoms with Crippen LogP contribution in [0, 0.1) is 20.8 Å². The fraction of sp³-hybridized carbons (Fsp3) is 0.0952. The third-order valence-corrected chi connectivity index (χ3v) is 13.3. The van der Waals surface area contributed by atoms with E-state index in [4.69, 9.17) is 5.73 Å². The molecule has 2 unspecified atom stereocenters. The molecule has 3 N–H and O–H groups in total. The van der Waals surface area contributed by atoms with Crippen molar-refractivity contribution >= 4 is 59.7 Å². The van der Waals surface area contributed by atoms with Gasteiger partial charge in [-0.3, -0.25) is 10.3 Å². The second-order valence-electron chi connectivity index (χ2n) is 17.4. The highest BCUT2D eigenvalue weighted by atomic mass is 15.1. The Hall–Kier alpha value is -7.85. The van der Waals surface area contributed by atoms with Gasteiger partial charge in [0.05, 0.1) is 12.1 Å². The van der Waals surface area contributed by atoms with E-state index in [1.165, 1.54) is 104 Å². The summed E-state index contributed by atoms with van der Waals surface area (Å²) in [4.78, 5) is 3.85. The molecule has 1 fully saturated rings. The standard InChI is InChI=1S/C40H28.C15H15N.C8H10N2/c1-25-30-13-5-3-11-27(30)19-21-31(25)38-23-28-12-4-6-14-32(28)40(26(38)2)29-20-22-37-35-17-8-7-15-33(35)34-16-9-10-18-36(34)39(37)24-29;1-11-6-5-9-13(10-11)15-14(16-15)12-7-3-2-4-8-12;1-10-8(9)7-5-3-2-4-6-7/h3-24H,1-2H3;2-10,14-16H,1H3;2-6H,1H3,(H2,9,10). The largest absolute Gasteiger partial charge is 0.384 e. The maximum Gasteiger partial charge on any atom is 0.125 e. The topological polar surface area (TPSA) is 60.3 Å². The molecule has 1 heterocycles. The predicted octanol–water partition coefficient (Wildman–Crippen LogP) is 15.8. The first-order valence-electron chi connectivity index (χ1n) is 22.9. The van der Waals surface area contributed by atoms with Crippen LogP contribution in [0.3, 0.4) is 0 Å². The number of nitrogens with one attached hydrogen (secondary N) is 1. The lowest BCUT2D eigenvalue weighted by atomic mass is 9.84. The zero-order valence-corrected chi connectivity index (χ0v) is 38.0. The fourth-order valence-electron chi connectivity index (χ4n) is 9.86. The van der Waals surface area contributed by atoms with Gasteiger partial charge in [0.1, 0.15) is 5.84 Å². The number of hydrogen-bond donors (Lipinski definition) is 2. The Morgan fingerprint density at radius 2 is 0.939 bits per heavy atom. The summed E-state index contributed by atoms with van der Waals surface area (Å²) in [7, 11) is 1.68. The second kappa shape index (κ2) is 18.3. The SMILES string of the molecule is CN=C(N)c1ccccc1.Cc1c(-c2ccc3ccccc3c2C)cc2ccccc2c1-c1ccc2c3ccccc3c3ccccc3c2c1.Cc1cccc(C2NC2c2ccccc2)c1. The van der Waals surface area contributed by atoms with Crippen molar-refractivity contribution < 1.29 is 0 Å². The molecule has 320 valence electrons.